The number of allylic oxidation sites excluding steroid dienone is 1. The van der Waals surface area contributed by atoms with Gasteiger partial charge in [0.25, 0.3) is 0 Å². The summed E-state index contributed by atoms with van der Waals surface area (Å²) in [6, 6.07) is 7.40. The van der Waals surface area contributed by atoms with Crippen molar-refractivity contribution in [2.24, 2.45) is 17.3 Å². The van der Waals surface area contributed by atoms with Crippen molar-refractivity contribution in [1.29, 1.82) is 0 Å². The molecule has 3 heteroatoms. The molecular weight excluding hydrogens is 267 g/mol. The van der Waals surface area contributed by atoms with Crippen LogP contribution in [-0.2, 0) is 4.79 Å². The van der Waals surface area contributed by atoms with Gasteiger partial charge >= 0.3 is 0 Å². The van der Waals surface area contributed by atoms with Crippen molar-refractivity contribution in [3.8, 4) is 0 Å². The van der Waals surface area contributed by atoms with E-state index in [4.69, 9.17) is 23.2 Å². The molecule has 0 amide bonds. The summed E-state index contributed by atoms with van der Waals surface area (Å²) in [5.41, 5.74) is 0.962. The van der Waals surface area contributed by atoms with Gasteiger partial charge in [0.15, 0.2) is 0 Å². The molecule has 96 valence electrons. The fourth-order valence-electron chi connectivity index (χ4n) is 2.63. The summed E-state index contributed by atoms with van der Waals surface area (Å²) < 4.78 is 0. The standard InChI is InChI=1S/C15H16Cl2O/c1-9(18)14-12(15(14,2)3)8-13(17)10-4-6-11(16)7-5-10/h4-8,12,14H,1-3H3/t12-,14-/m0/s1. The minimum absolute atomic E-state index is 0.0262. The van der Waals surface area contributed by atoms with Crippen LogP contribution in [0.2, 0.25) is 5.02 Å². The van der Waals surface area contributed by atoms with Gasteiger partial charge in [-0.25, -0.2) is 0 Å². The number of hydrogen-bond donors (Lipinski definition) is 0. The normalized spacial score (nSPS) is 25.9. The number of ketones is 1. The molecule has 1 aliphatic rings. The highest BCUT2D eigenvalue weighted by molar-refractivity contribution is 6.48. The summed E-state index contributed by atoms with van der Waals surface area (Å²) in [6.45, 7) is 5.86. The van der Waals surface area contributed by atoms with Gasteiger partial charge in [0.05, 0.1) is 0 Å². The maximum Gasteiger partial charge on any atom is 0.134 e. The molecule has 1 nitrogen and oxygen atoms in total. The Labute approximate surface area is 118 Å². The summed E-state index contributed by atoms with van der Waals surface area (Å²) >= 11 is 12.1. The first-order valence-corrected chi connectivity index (χ1v) is 6.73. The topological polar surface area (TPSA) is 17.1 Å². The van der Waals surface area contributed by atoms with E-state index in [1.54, 1.807) is 6.92 Å². The Morgan fingerprint density at radius 2 is 1.83 bits per heavy atom. The van der Waals surface area contributed by atoms with E-state index in [-0.39, 0.29) is 23.0 Å². The lowest BCUT2D eigenvalue weighted by atomic mass is 10.1. The van der Waals surface area contributed by atoms with Gasteiger partial charge in [-0.3, -0.25) is 4.79 Å². The zero-order valence-corrected chi connectivity index (χ0v) is 12.2. The van der Waals surface area contributed by atoms with Crippen LogP contribution in [0.25, 0.3) is 5.03 Å². The summed E-state index contributed by atoms with van der Waals surface area (Å²) in [5, 5.41) is 1.38. The first-order valence-electron chi connectivity index (χ1n) is 5.97. The van der Waals surface area contributed by atoms with E-state index in [1.165, 1.54) is 0 Å². The van der Waals surface area contributed by atoms with Crippen LogP contribution in [0, 0.1) is 17.3 Å². The van der Waals surface area contributed by atoms with E-state index in [9.17, 15) is 4.79 Å². The largest absolute Gasteiger partial charge is 0.300 e. The van der Waals surface area contributed by atoms with Crippen LogP contribution in [0.5, 0.6) is 0 Å². The van der Waals surface area contributed by atoms with Crippen molar-refractivity contribution in [3.63, 3.8) is 0 Å². The van der Waals surface area contributed by atoms with Crippen molar-refractivity contribution >= 4 is 34.0 Å². The van der Waals surface area contributed by atoms with Crippen molar-refractivity contribution in [3.05, 3.63) is 40.9 Å². The van der Waals surface area contributed by atoms with E-state index < -0.39 is 0 Å². The summed E-state index contributed by atoms with van der Waals surface area (Å²) in [6.07, 6.45) is 2.00. The molecule has 0 spiro atoms. The molecule has 18 heavy (non-hydrogen) atoms. The second kappa shape index (κ2) is 4.71. The van der Waals surface area contributed by atoms with E-state index in [0.29, 0.717) is 10.1 Å². The molecule has 0 bridgehead atoms. The maximum atomic E-state index is 11.5. The Hall–Kier alpha value is -0.790. The maximum absolute atomic E-state index is 11.5. The lowest BCUT2D eigenvalue weighted by Crippen LogP contribution is -1.99. The lowest BCUT2D eigenvalue weighted by molar-refractivity contribution is -0.118. The molecule has 0 aliphatic heterocycles. The minimum Gasteiger partial charge on any atom is -0.300 e. The lowest BCUT2D eigenvalue weighted by Gasteiger charge is -2.01. The number of hydrogen-bond acceptors (Lipinski definition) is 1. The summed E-state index contributed by atoms with van der Waals surface area (Å²) in [5.74, 6) is 0.568. The molecule has 0 N–H and O–H groups in total. The van der Waals surface area contributed by atoms with E-state index in [1.807, 2.05) is 30.3 Å². The Morgan fingerprint density at radius 3 is 2.28 bits per heavy atom. The van der Waals surface area contributed by atoms with Gasteiger partial charge in [-0.15, -0.1) is 0 Å². The minimum atomic E-state index is 0.0262. The molecule has 1 aromatic rings. The van der Waals surface area contributed by atoms with Gasteiger partial charge in [-0.2, -0.15) is 0 Å². The Kier molecular flexibility index (Phi) is 3.57. The van der Waals surface area contributed by atoms with Crippen molar-refractivity contribution in [2.45, 2.75) is 20.8 Å². The highest BCUT2D eigenvalue weighted by Gasteiger charge is 2.58. The van der Waals surface area contributed by atoms with Crippen molar-refractivity contribution in [2.75, 3.05) is 0 Å². The fraction of sp³-hybridized carbons (Fsp3) is 0.400. The van der Waals surface area contributed by atoms with Gasteiger partial charge in [-0.05, 0) is 36.0 Å². The monoisotopic (exact) mass is 282 g/mol. The van der Waals surface area contributed by atoms with Gasteiger partial charge < -0.3 is 0 Å². The molecule has 2 rings (SSSR count). The van der Waals surface area contributed by atoms with Gasteiger partial charge in [0.2, 0.25) is 0 Å². The summed E-state index contributed by atoms with van der Waals surface area (Å²) in [7, 11) is 0. The third-order valence-electron chi connectivity index (χ3n) is 3.79. The van der Waals surface area contributed by atoms with Crippen molar-refractivity contribution < 1.29 is 4.79 Å². The second-order valence-electron chi connectivity index (χ2n) is 5.46. The number of rotatable bonds is 3. The average Bonchev–Trinajstić information content (AvgIpc) is 2.81. The van der Waals surface area contributed by atoms with Crippen molar-refractivity contribution in [1.82, 2.24) is 0 Å². The molecular formula is C15H16Cl2O. The molecule has 1 fully saturated rings. The van der Waals surface area contributed by atoms with Gasteiger partial charge in [0.1, 0.15) is 5.78 Å². The number of halogens is 2. The highest BCUT2D eigenvalue weighted by Crippen LogP contribution is 2.60. The number of Topliss-reactive ketones (excluding diaryl/α,β-unsaturated/α-hetero) is 1. The van der Waals surface area contributed by atoms with E-state index in [0.717, 1.165) is 5.56 Å². The fourth-order valence-corrected chi connectivity index (χ4v) is 3.02. The van der Waals surface area contributed by atoms with Crippen LogP contribution in [-0.4, -0.2) is 5.78 Å². The molecule has 0 saturated heterocycles. The van der Waals surface area contributed by atoms with E-state index in [2.05, 4.69) is 13.8 Å². The molecule has 0 aromatic heterocycles. The van der Waals surface area contributed by atoms with Crippen LogP contribution in [0.4, 0.5) is 0 Å². The molecule has 2 atom stereocenters. The molecule has 1 aliphatic carbocycles. The predicted octanol–water partition coefficient (Wildman–Crippen LogP) is 4.78. The van der Waals surface area contributed by atoms with Crippen LogP contribution in [0.1, 0.15) is 26.3 Å². The zero-order chi connectivity index (χ0) is 13.5. The van der Waals surface area contributed by atoms with Crippen LogP contribution in [0.15, 0.2) is 30.3 Å². The number of benzene rings is 1. The number of carbonyl (C=O) groups is 1. The second-order valence-corrected chi connectivity index (χ2v) is 6.30. The van der Waals surface area contributed by atoms with E-state index >= 15 is 0 Å². The molecule has 1 saturated carbocycles. The molecule has 0 radical (unpaired) electrons. The third-order valence-corrected chi connectivity index (χ3v) is 4.39. The quantitative estimate of drug-likeness (QED) is 0.780. The summed E-state index contributed by atoms with van der Waals surface area (Å²) in [4.78, 5) is 11.5. The van der Waals surface area contributed by atoms with Crippen LogP contribution >= 0.6 is 23.2 Å². The van der Waals surface area contributed by atoms with Crippen LogP contribution in [0.3, 0.4) is 0 Å². The first-order chi connectivity index (χ1) is 8.34. The zero-order valence-electron chi connectivity index (χ0n) is 10.7. The molecule has 1 aromatic carbocycles. The smallest absolute Gasteiger partial charge is 0.134 e. The van der Waals surface area contributed by atoms with Gasteiger partial charge in [0, 0.05) is 16.0 Å². The predicted molar refractivity (Wildman–Crippen MR) is 76.7 cm³/mol. The first kappa shape index (κ1) is 13.6. The number of carbonyl (C=O) groups excluding carboxylic acids is 1. The Bertz CT molecular complexity index is 500. The average molecular weight is 283 g/mol. The third kappa shape index (κ3) is 2.48. The highest BCUT2D eigenvalue weighted by atomic mass is 35.5. The SMILES string of the molecule is CC(=O)[C@H]1[C@H](C=C(Cl)c2ccc(Cl)cc2)C1(C)C. The Morgan fingerprint density at radius 1 is 1.28 bits per heavy atom. The van der Waals surface area contributed by atoms with Crippen LogP contribution < -0.4 is 0 Å². The van der Waals surface area contributed by atoms with Gasteiger partial charge in [-0.1, -0.05) is 55.3 Å². The molecule has 0 heterocycles. The molecule has 0 unspecified atom stereocenters. The Balaban J connectivity index is 2.20.